The molecule has 1 unspecified atom stereocenters. The second-order valence-corrected chi connectivity index (χ2v) is 7.25. The summed E-state index contributed by atoms with van der Waals surface area (Å²) in [7, 11) is 0. The molecule has 106 valence electrons. The Morgan fingerprint density at radius 2 is 2.05 bits per heavy atom. The number of rotatable bonds is 3. The molecule has 1 fully saturated rings. The van der Waals surface area contributed by atoms with Crippen molar-refractivity contribution in [3.05, 3.63) is 28.2 Å². The van der Waals surface area contributed by atoms with E-state index in [-0.39, 0.29) is 0 Å². The lowest BCUT2D eigenvalue weighted by Gasteiger charge is -2.24. The van der Waals surface area contributed by atoms with Crippen molar-refractivity contribution in [1.82, 2.24) is 0 Å². The Morgan fingerprint density at radius 3 is 2.68 bits per heavy atom. The van der Waals surface area contributed by atoms with Crippen LogP contribution in [0.2, 0.25) is 0 Å². The summed E-state index contributed by atoms with van der Waals surface area (Å²) in [6, 6.07) is 6.75. The van der Waals surface area contributed by atoms with Crippen LogP contribution in [0.15, 0.2) is 22.7 Å². The highest BCUT2D eigenvalue weighted by atomic mass is 79.9. The van der Waals surface area contributed by atoms with Gasteiger partial charge in [-0.15, -0.1) is 0 Å². The van der Waals surface area contributed by atoms with Gasteiger partial charge in [0, 0.05) is 28.6 Å². The number of hydrogen-bond acceptors (Lipinski definition) is 1. The van der Waals surface area contributed by atoms with Crippen molar-refractivity contribution in [1.29, 1.82) is 0 Å². The van der Waals surface area contributed by atoms with E-state index in [4.69, 9.17) is 0 Å². The second-order valence-electron chi connectivity index (χ2n) is 5.83. The highest BCUT2D eigenvalue weighted by Gasteiger charge is 2.19. The first kappa shape index (κ1) is 15.4. The van der Waals surface area contributed by atoms with E-state index in [2.05, 4.69) is 68.8 Å². The molecule has 0 aromatic heterocycles. The second kappa shape index (κ2) is 7.12. The first-order valence-electron chi connectivity index (χ1n) is 7.21. The Bertz CT molecular complexity index is 417. The fourth-order valence-corrected chi connectivity index (χ4v) is 4.26. The quantitative estimate of drug-likeness (QED) is 0.608. The van der Waals surface area contributed by atoms with Crippen molar-refractivity contribution in [2.45, 2.75) is 38.4 Å². The van der Waals surface area contributed by atoms with Crippen LogP contribution in [-0.2, 0) is 5.33 Å². The molecule has 3 heteroatoms. The SMILES string of the molecule is CC(C)C1CCCN(c2ccc(CBr)c(Br)c2)CC1. The molecule has 1 aliphatic heterocycles. The van der Waals surface area contributed by atoms with Crippen LogP contribution in [0.1, 0.15) is 38.7 Å². The molecular formula is C16H23Br2N. The Labute approximate surface area is 134 Å². The number of hydrogen-bond donors (Lipinski definition) is 0. The lowest BCUT2D eigenvalue weighted by molar-refractivity contribution is 0.351. The van der Waals surface area contributed by atoms with E-state index in [0.717, 1.165) is 17.2 Å². The maximum absolute atomic E-state index is 3.67. The maximum Gasteiger partial charge on any atom is 0.0377 e. The van der Waals surface area contributed by atoms with Crippen molar-refractivity contribution in [2.24, 2.45) is 11.8 Å². The van der Waals surface area contributed by atoms with Gasteiger partial charge in [-0.05, 0) is 48.8 Å². The van der Waals surface area contributed by atoms with Gasteiger partial charge in [0.25, 0.3) is 0 Å². The summed E-state index contributed by atoms with van der Waals surface area (Å²) < 4.78 is 1.21. The third kappa shape index (κ3) is 3.98. The summed E-state index contributed by atoms with van der Waals surface area (Å²) in [6.45, 7) is 7.12. The Kier molecular flexibility index (Phi) is 5.76. The third-order valence-corrected chi connectivity index (χ3v) is 5.60. The largest absolute Gasteiger partial charge is 0.371 e. The van der Waals surface area contributed by atoms with Crippen LogP contribution >= 0.6 is 31.9 Å². The van der Waals surface area contributed by atoms with E-state index >= 15 is 0 Å². The Morgan fingerprint density at radius 1 is 1.26 bits per heavy atom. The maximum atomic E-state index is 3.67. The Hall–Kier alpha value is -0.0200. The van der Waals surface area contributed by atoms with Gasteiger partial charge in [0.15, 0.2) is 0 Å². The van der Waals surface area contributed by atoms with Gasteiger partial charge >= 0.3 is 0 Å². The summed E-state index contributed by atoms with van der Waals surface area (Å²) in [5.74, 6) is 1.72. The molecule has 0 N–H and O–H groups in total. The van der Waals surface area contributed by atoms with Crippen molar-refractivity contribution < 1.29 is 0 Å². The van der Waals surface area contributed by atoms with E-state index in [1.807, 2.05) is 0 Å². The van der Waals surface area contributed by atoms with Crippen LogP contribution in [0.4, 0.5) is 5.69 Å². The molecule has 0 bridgehead atoms. The molecule has 0 spiro atoms. The monoisotopic (exact) mass is 387 g/mol. The molecule has 19 heavy (non-hydrogen) atoms. The standard InChI is InChI=1S/C16H23Br2N/c1-12(2)13-4-3-8-19(9-7-13)15-6-5-14(11-17)16(18)10-15/h5-6,10,12-13H,3-4,7-9,11H2,1-2H3. The van der Waals surface area contributed by atoms with Gasteiger partial charge in [-0.2, -0.15) is 0 Å². The zero-order valence-corrected chi connectivity index (χ0v) is 15.0. The minimum absolute atomic E-state index is 0.822. The van der Waals surface area contributed by atoms with E-state index in [9.17, 15) is 0 Å². The fourth-order valence-electron chi connectivity index (χ4n) is 2.89. The number of alkyl halides is 1. The lowest BCUT2D eigenvalue weighted by Crippen LogP contribution is -2.24. The summed E-state index contributed by atoms with van der Waals surface area (Å²) >= 11 is 7.19. The summed E-state index contributed by atoms with van der Waals surface area (Å²) in [6.07, 6.45) is 4.03. The lowest BCUT2D eigenvalue weighted by atomic mass is 9.89. The summed E-state index contributed by atoms with van der Waals surface area (Å²) in [4.78, 5) is 2.55. The number of halogens is 2. The Balaban J connectivity index is 2.08. The predicted molar refractivity (Wildman–Crippen MR) is 91.2 cm³/mol. The van der Waals surface area contributed by atoms with E-state index in [1.54, 1.807) is 0 Å². The topological polar surface area (TPSA) is 3.24 Å². The van der Waals surface area contributed by atoms with Gasteiger partial charge in [-0.1, -0.05) is 51.8 Å². The minimum atomic E-state index is 0.822. The van der Waals surface area contributed by atoms with Crippen LogP contribution in [0.25, 0.3) is 0 Å². The summed E-state index contributed by atoms with van der Waals surface area (Å²) in [5, 5.41) is 0.906. The van der Waals surface area contributed by atoms with Gasteiger partial charge < -0.3 is 4.90 Å². The molecule has 0 amide bonds. The molecule has 0 saturated carbocycles. The van der Waals surface area contributed by atoms with Crippen molar-refractivity contribution in [2.75, 3.05) is 18.0 Å². The molecule has 1 aromatic rings. The van der Waals surface area contributed by atoms with Crippen LogP contribution < -0.4 is 4.90 Å². The zero-order chi connectivity index (χ0) is 13.8. The molecule has 1 saturated heterocycles. The van der Waals surface area contributed by atoms with Crippen molar-refractivity contribution >= 4 is 37.5 Å². The van der Waals surface area contributed by atoms with Crippen LogP contribution in [0, 0.1) is 11.8 Å². The number of nitrogens with zero attached hydrogens (tertiary/aromatic N) is 1. The molecular weight excluding hydrogens is 366 g/mol. The smallest absolute Gasteiger partial charge is 0.0377 e. The third-order valence-electron chi connectivity index (χ3n) is 4.26. The molecule has 1 atom stereocenters. The van der Waals surface area contributed by atoms with Gasteiger partial charge in [0.1, 0.15) is 0 Å². The highest BCUT2D eigenvalue weighted by molar-refractivity contribution is 9.10. The van der Waals surface area contributed by atoms with E-state index in [1.165, 1.54) is 48.1 Å². The van der Waals surface area contributed by atoms with Gasteiger partial charge in [-0.3, -0.25) is 0 Å². The number of benzene rings is 1. The number of anilines is 1. The molecule has 1 aromatic carbocycles. The molecule has 1 heterocycles. The van der Waals surface area contributed by atoms with E-state index in [0.29, 0.717) is 0 Å². The predicted octanol–water partition coefficient (Wildman–Crippen LogP) is 5.61. The van der Waals surface area contributed by atoms with Gasteiger partial charge in [0.2, 0.25) is 0 Å². The first-order chi connectivity index (χ1) is 9.11. The van der Waals surface area contributed by atoms with Gasteiger partial charge in [-0.25, -0.2) is 0 Å². The molecule has 1 nitrogen and oxygen atoms in total. The fraction of sp³-hybridized carbons (Fsp3) is 0.625. The zero-order valence-electron chi connectivity index (χ0n) is 11.8. The van der Waals surface area contributed by atoms with Crippen LogP contribution in [-0.4, -0.2) is 13.1 Å². The molecule has 1 aliphatic rings. The first-order valence-corrected chi connectivity index (χ1v) is 9.12. The van der Waals surface area contributed by atoms with Crippen molar-refractivity contribution in [3.63, 3.8) is 0 Å². The van der Waals surface area contributed by atoms with Crippen molar-refractivity contribution in [3.8, 4) is 0 Å². The van der Waals surface area contributed by atoms with Crippen LogP contribution in [0.5, 0.6) is 0 Å². The normalized spacial score (nSPS) is 20.7. The molecule has 0 aliphatic carbocycles. The van der Waals surface area contributed by atoms with Crippen LogP contribution in [0.3, 0.4) is 0 Å². The van der Waals surface area contributed by atoms with Gasteiger partial charge in [0.05, 0.1) is 0 Å². The average Bonchev–Trinajstić information content (AvgIpc) is 2.64. The summed E-state index contributed by atoms with van der Waals surface area (Å²) in [5.41, 5.74) is 2.68. The highest BCUT2D eigenvalue weighted by Crippen LogP contribution is 2.30. The molecule has 2 rings (SSSR count). The molecule has 0 radical (unpaired) electrons. The minimum Gasteiger partial charge on any atom is -0.371 e. The average molecular weight is 389 g/mol. The van der Waals surface area contributed by atoms with E-state index < -0.39 is 0 Å².